The van der Waals surface area contributed by atoms with Crippen LogP contribution in [0.4, 0.5) is 0 Å². The molecule has 16 heavy (non-hydrogen) atoms. The molecule has 0 aliphatic heterocycles. The van der Waals surface area contributed by atoms with Crippen molar-refractivity contribution in [3.63, 3.8) is 0 Å². The number of phenols is 3. The van der Waals surface area contributed by atoms with E-state index in [1.807, 2.05) is 13.0 Å². The standard InChI is InChI=1S/C13H12O3/c1-8-3-2-4-12(16)13(8)10-7-9(14)5-6-11(10)15/h2-7,14-16H,1H3. The molecular formula is C13H12O3. The van der Waals surface area contributed by atoms with E-state index in [2.05, 4.69) is 0 Å². The molecule has 0 atom stereocenters. The zero-order valence-electron chi connectivity index (χ0n) is 8.81. The van der Waals surface area contributed by atoms with Crippen LogP contribution < -0.4 is 0 Å². The molecule has 0 amide bonds. The summed E-state index contributed by atoms with van der Waals surface area (Å²) in [5.74, 6) is 0.166. The maximum Gasteiger partial charge on any atom is 0.123 e. The van der Waals surface area contributed by atoms with E-state index in [4.69, 9.17) is 0 Å². The predicted octanol–water partition coefficient (Wildman–Crippen LogP) is 2.78. The molecule has 2 rings (SSSR count). The molecule has 0 aliphatic carbocycles. The molecule has 2 aromatic carbocycles. The summed E-state index contributed by atoms with van der Waals surface area (Å²) >= 11 is 0. The van der Waals surface area contributed by atoms with Gasteiger partial charge in [0.25, 0.3) is 0 Å². The van der Waals surface area contributed by atoms with Crippen molar-refractivity contribution >= 4 is 0 Å². The van der Waals surface area contributed by atoms with E-state index >= 15 is 0 Å². The topological polar surface area (TPSA) is 60.7 Å². The van der Waals surface area contributed by atoms with Gasteiger partial charge in [-0.25, -0.2) is 0 Å². The van der Waals surface area contributed by atoms with E-state index in [1.54, 1.807) is 12.1 Å². The molecule has 2 aromatic rings. The Morgan fingerprint density at radius 2 is 1.62 bits per heavy atom. The summed E-state index contributed by atoms with van der Waals surface area (Å²) in [5, 5.41) is 28.9. The molecule has 0 unspecified atom stereocenters. The lowest BCUT2D eigenvalue weighted by atomic mass is 9.98. The minimum atomic E-state index is 0.0300. The highest BCUT2D eigenvalue weighted by atomic mass is 16.3. The second kappa shape index (κ2) is 3.77. The van der Waals surface area contributed by atoms with Crippen LogP contribution in [0, 0.1) is 6.92 Å². The maximum atomic E-state index is 9.77. The summed E-state index contributed by atoms with van der Waals surface area (Å²) in [5.41, 5.74) is 1.80. The Hall–Kier alpha value is -2.16. The first-order valence-electron chi connectivity index (χ1n) is 4.90. The van der Waals surface area contributed by atoms with Crippen LogP contribution >= 0.6 is 0 Å². The van der Waals surface area contributed by atoms with Crippen LogP contribution in [0.3, 0.4) is 0 Å². The van der Waals surface area contributed by atoms with Gasteiger partial charge in [0.05, 0.1) is 0 Å². The van der Waals surface area contributed by atoms with Crippen LogP contribution in [0.15, 0.2) is 36.4 Å². The summed E-state index contributed by atoms with van der Waals surface area (Å²) < 4.78 is 0. The molecule has 0 saturated carbocycles. The lowest BCUT2D eigenvalue weighted by Gasteiger charge is -2.10. The largest absolute Gasteiger partial charge is 0.508 e. The second-order valence-electron chi connectivity index (χ2n) is 3.67. The first kappa shape index (κ1) is 10.4. The van der Waals surface area contributed by atoms with Gasteiger partial charge in [0, 0.05) is 11.1 Å². The zero-order chi connectivity index (χ0) is 11.7. The molecular weight excluding hydrogens is 204 g/mol. The molecule has 0 saturated heterocycles. The molecule has 0 aliphatic rings. The van der Waals surface area contributed by atoms with Crippen molar-refractivity contribution < 1.29 is 15.3 Å². The summed E-state index contributed by atoms with van der Waals surface area (Å²) in [7, 11) is 0. The predicted molar refractivity (Wildman–Crippen MR) is 61.6 cm³/mol. The van der Waals surface area contributed by atoms with E-state index in [0.29, 0.717) is 11.1 Å². The number of hydrogen-bond acceptors (Lipinski definition) is 3. The Morgan fingerprint density at radius 3 is 2.31 bits per heavy atom. The van der Waals surface area contributed by atoms with Crippen molar-refractivity contribution in [3.05, 3.63) is 42.0 Å². The fraction of sp³-hybridized carbons (Fsp3) is 0.0769. The third-order valence-electron chi connectivity index (χ3n) is 2.50. The summed E-state index contributed by atoms with van der Waals surface area (Å²) in [6, 6.07) is 9.33. The van der Waals surface area contributed by atoms with Gasteiger partial charge in [-0.3, -0.25) is 0 Å². The van der Waals surface area contributed by atoms with Crippen LogP contribution in [0.2, 0.25) is 0 Å². The van der Waals surface area contributed by atoms with Gasteiger partial charge < -0.3 is 15.3 Å². The smallest absolute Gasteiger partial charge is 0.123 e. The van der Waals surface area contributed by atoms with Crippen LogP contribution in [-0.2, 0) is 0 Å². The Morgan fingerprint density at radius 1 is 0.875 bits per heavy atom. The highest BCUT2D eigenvalue weighted by molar-refractivity contribution is 5.78. The van der Waals surface area contributed by atoms with Crippen molar-refractivity contribution in [2.75, 3.05) is 0 Å². The lowest BCUT2D eigenvalue weighted by Crippen LogP contribution is -1.85. The fourth-order valence-corrected chi connectivity index (χ4v) is 1.73. The number of benzene rings is 2. The molecule has 0 aromatic heterocycles. The van der Waals surface area contributed by atoms with Gasteiger partial charge in [0.1, 0.15) is 17.2 Å². The number of hydrogen-bond donors (Lipinski definition) is 3. The van der Waals surface area contributed by atoms with Gasteiger partial charge in [0.2, 0.25) is 0 Å². The van der Waals surface area contributed by atoms with Gasteiger partial charge in [-0.1, -0.05) is 12.1 Å². The third kappa shape index (κ3) is 1.67. The molecule has 3 heteroatoms. The molecule has 82 valence electrons. The molecule has 0 fully saturated rings. The van der Waals surface area contributed by atoms with Crippen molar-refractivity contribution in [3.8, 4) is 28.4 Å². The fourth-order valence-electron chi connectivity index (χ4n) is 1.73. The third-order valence-corrected chi connectivity index (χ3v) is 2.50. The first-order valence-corrected chi connectivity index (χ1v) is 4.90. The zero-order valence-corrected chi connectivity index (χ0v) is 8.81. The van der Waals surface area contributed by atoms with Crippen molar-refractivity contribution in [2.45, 2.75) is 6.92 Å². The normalized spacial score (nSPS) is 10.3. The monoisotopic (exact) mass is 216 g/mol. The van der Waals surface area contributed by atoms with E-state index in [0.717, 1.165) is 5.56 Å². The quantitative estimate of drug-likeness (QED) is 0.642. The minimum Gasteiger partial charge on any atom is -0.508 e. The van der Waals surface area contributed by atoms with Gasteiger partial charge in [-0.15, -0.1) is 0 Å². The molecule has 3 nitrogen and oxygen atoms in total. The SMILES string of the molecule is Cc1cccc(O)c1-c1cc(O)ccc1O. The Kier molecular flexibility index (Phi) is 2.44. The highest BCUT2D eigenvalue weighted by Crippen LogP contribution is 2.39. The summed E-state index contributed by atoms with van der Waals surface area (Å²) in [4.78, 5) is 0. The van der Waals surface area contributed by atoms with Crippen LogP contribution in [0.1, 0.15) is 5.56 Å². The molecule has 3 N–H and O–H groups in total. The maximum absolute atomic E-state index is 9.77. The van der Waals surface area contributed by atoms with Crippen molar-refractivity contribution in [2.24, 2.45) is 0 Å². The molecule has 0 spiro atoms. The highest BCUT2D eigenvalue weighted by Gasteiger charge is 2.12. The second-order valence-corrected chi connectivity index (χ2v) is 3.67. The average Bonchev–Trinajstić information content (AvgIpc) is 2.23. The number of aryl methyl sites for hydroxylation is 1. The van der Waals surface area contributed by atoms with Crippen LogP contribution in [-0.4, -0.2) is 15.3 Å². The summed E-state index contributed by atoms with van der Waals surface area (Å²) in [6.07, 6.45) is 0. The number of rotatable bonds is 1. The van der Waals surface area contributed by atoms with E-state index in [1.165, 1.54) is 18.2 Å². The van der Waals surface area contributed by atoms with E-state index < -0.39 is 0 Å². The van der Waals surface area contributed by atoms with Gasteiger partial charge in [0.15, 0.2) is 0 Å². The Bertz CT molecular complexity index is 512. The van der Waals surface area contributed by atoms with Crippen LogP contribution in [0.25, 0.3) is 11.1 Å². The summed E-state index contributed by atoms with van der Waals surface area (Å²) in [6.45, 7) is 1.83. The van der Waals surface area contributed by atoms with E-state index in [9.17, 15) is 15.3 Å². The Balaban J connectivity index is 2.72. The van der Waals surface area contributed by atoms with Gasteiger partial charge in [-0.2, -0.15) is 0 Å². The molecule has 0 radical (unpaired) electrons. The van der Waals surface area contributed by atoms with Crippen molar-refractivity contribution in [1.29, 1.82) is 0 Å². The molecule has 0 heterocycles. The molecule has 0 bridgehead atoms. The lowest BCUT2D eigenvalue weighted by molar-refractivity contribution is 0.459. The van der Waals surface area contributed by atoms with Crippen molar-refractivity contribution in [1.82, 2.24) is 0 Å². The first-order chi connectivity index (χ1) is 7.59. The minimum absolute atomic E-state index is 0.0300. The van der Waals surface area contributed by atoms with E-state index in [-0.39, 0.29) is 17.2 Å². The number of aromatic hydroxyl groups is 3. The van der Waals surface area contributed by atoms with Gasteiger partial charge >= 0.3 is 0 Å². The number of phenolic OH excluding ortho intramolecular Hbond substituents is 3. The van der Waals surface area contributed by atoms with Gasteiger partial charge in [-0.05, 0) is 36.8 Å². The average molecular weight is 216 g/mol. The Labute approximate surface area is 93.2 Å². The van der Waals surface area contributed by atoms with Crippen LogP contribution in [0.5, 0.6) is 17.2 Å².